The lowest BCUT2D eigenvalue weighted by Gasteiger charge is -2.11. The Morgan fingerprint density at radius 2 is 0.717 bits per heavy atom. The topological polar surface area (TPSA) is 51.8 Å². The summed E-state index contributed by atoms with van der Waals surface area (Å²) in [4.78, 5) is 14.7. The van der Waals surface area contributed by atoms with E-state index in [4.69, 9.17) is 19.4 Å². The van der Waals surface area contributed by atoms with Gasteiger partial charge in [0, 0.05) is 32.8 Å². The zero-order valence-electron chi connectivity index (χ0n) is 28.6. The molecule has 0 N–H and O–H groups in total. The minimum atomic E-state index is 0.634. The maximum atomic E-state index is 6.71. The average Bonchev–Trinajstić information content (AvgIpc) is 3.62. The average molecular weight is 678 g/mol. The molecule has 4 heteroatoms. The smallest absolute Gasteiger partial charge is 0.164 e. The Balaban J connectivity index is 1.08. The number of benzene rings is 8. The first-order valence-electron chi connectivity index (χ1n) is 17.8. The second-order valence-corrected chi connectivity index (χ2v) is 13.2. The first kappa shape index (κ1) is 30.6. The molecule has 0 fully saturated rings. The summed E-state index contributed by atoms with van der Waals surface area (Å²) < 4.78 is 6.71. The van der Waals surface area contributed by atoms with E-state index in [2.05, 4.69) is 127 Å². The van der Waals surface area contributed by atoms with E-state index in [1.807, 2.05) is 60.7 Å². The van der Waals surface area contributed by atoms with Gasteiger partial charge in [0.05, 0.1) is 0 Å². The molecule has 2 aromatic heterocycles. The van der Waals surface area contributed by atoms with Gasteiger partial charge in [-0.3, -0.25) is 0 Å². The van der Waals surface area contributed by atoms with Crippen LogP contribution in [0, 0.1) is 0 Å². The van der Waals surface area contributed by atoms with Crippen molar-refractivity contribution in [1.82, 2.24) is 15.0 Å². The van der Waals surface area contributed by atoms with Gasteiger partial charge in [-0.05, 0) is 57.0 Å². The molecule has 53 heavy (non-hydrogen) atoms. The Hall–Kier alpha value is -7.17. The number of furan rings is 1. The van der Waals surface area contributed by atoms with Crippen LogP contribution in [0.25, 0.3) is 100 Å². The second kappa shape index (κ2) is 12.9. The number of hydrogen-bond donors (Lipinski definition) is 0. The van der Waals surface area contributed by atoms with Crippen LogP contribution in [0.2, 0.25) is 0 Å². The molecule has 0 saturated heterocycles. The third-order valence-corrected chi connectivity index (χ3v) is 9.96. The molecule has 0 amide bonds. The molecular formula is C49H31N3O. The van der Waals surface area contributed by atoms with Crippen molar-refractivity contribution in [2.75, 3.05) is 0 Å². The normalized spacial score (nSPS) is 11.4. The van der Waals surface area contributed by atoms with Gasteiger partial charge in [-0.15, -0.1) is 0 Å². The minimum Gasteiger partial charge on any atom is -0.455 e. The van der Waals surface area contributed by atoms with Crippen LogP contribution in [0.4, 0.5) is 0 Å². The van der Waals surface area contributed by atoms with Crippen LogP contribution >= 0.6 is 0 Å². The van der Waals surface area contributed by atoms with Crippen LogP contribution in [0.5, 0.6) is 0 Å². The van der Waals surface area contributed by atoms with Gasteiger partial charge in [0.15, 0.2) is 17.5 Å². The van der Waals surface area contributed by atoms with Gasteiger partial charge in [-0.2, -0.15) is 0 Å². The maximum Gasteiger partial charge on any atom is 0.164 e. The molecule has 0 spiro atoms. The van der Waals surface area contributed by atoms with E-state index < -0.39 is 0 Å². The molecule has 0 radical (unpaired) electrons. The van der Waals surface area contributed by atoms with E-state index in [1.165, 1.54) is 16.7 Å². The van der Waals surface area contributed by atoms with Crippen LogP contribution in [0.3, 0.4) is 0 Å². The van der Waals surface area contributed by atoms with Crippen molar-refractivity contribution in [1.29, 1.82) is 0 Å². The van der Waals surface area contributed by atoms with Crippen molar-refractivity contribution < 1.29 is 4.42 Å². The van der Waals surface area contributed by atoms with E-state index in [1.54, 1.807) is 0 Å². The molecule has 0 unspecified atom stereocenters. The molecule has 248 valence electrons. The molecule has 0 aliphatic heterocycles. The third-order valence-electron chi connectivity index (χ3n) is 9.96. The van der Waals surface area contributed by atoms with Gasteiger partial charge < -0.3 is 4.42 Å². The number of nitrogens with zero attached hydrogens (tertiary/aromatic N) is 3. The fourth-order valence-corrected chi connectivity index (χ4v) is 7.35. The summed E-state index contributed by atoms with van der Waals surface area (Å²) in [5, 5.41) is 4.41. The molecule has 0 atom stereocenters. The maximum absolute atomic E-state index is 6.71. The molecular weight excluding hydrogens is 647 g/mol. The fraction of sp³-hybridized carbons (Fsp3) is 0. The van der Waals surface area contributed by atoms with E-state index in [0.717, 1.165) is 66.1 Å². The standard InChI is InChI=1S/C49H31N3O/c1-4-14-32(15-5-1)38-20-10-11-21-39(38)37-28-29-41-44-31-43(40-22-12-13-23-42(40)46(44)53-45(41)30-37)33-24-26-36(27-25-33)49-51-47(34-16-6-2-7-17-34)50-48(52-49)35-18-8-3-9-19-35/h1-31H. The molecule has 0 aliphatic rings. The molecule has 0 aliphatic carbocycles. The molecule has 4 nitrogen and oxygen atoms in total. The van der Waals surface area contributed by atoms with E-state index >= 15 is 0 Å². The Bertz CT molecular complexity index is 2860. The molecule has 2 heterocycles. The van der Waals surface area contributed by atoms with Gasteiger partial charge >= 0.3 is 0 Å². The quantitative estimate of drug-likeness (QED) is 0.176. The first-order valence-corrected chi connectivity index (χ1v) is 17.8. The summed E-state index contributed by atoms with van der Waals surface area (Å²) in [6.45, 7) is 0. The molecule has 10 rings (SSSR count). The highest BCUT2D eigenvalue weighted by Crippen LogP contribution is 2.42. The molecule has 10 aromatic rings. The van der Waals surface area contributed by atoms with Crippen LogP contribution in [0.1, 0.15) is 0 Å². The van der Waals surface area contributed by atoms with E-state index in [0.29, 0.717) is 17.5 Å². The van der Waals surface area contributed by atoms with Gasteiger partial charge in [0.2, 0.25) is 0 Å². The van der Waals surface area contributed by atoms with Gasteiger partial charge in [0.1, 0.15) is 11.2 Å². The van der Waals surface area contributed by atoms with Crippen LogP contribution in [-0.4, -0.2) is 15.0 Å². The van der Waals surface area contributed by atoms with Gasteiger partial charge in [0.25, 0.3) is 0 Å². The summed E-state index contributed by atoms with van der Waals surface area (Å²) in [6.07, 6.45) is 0. The predicted octanol–water partition coefficient (Wildman–Crippen LogP) is 12.9. The molecule has 0 saturated carbocycles. The van der Waals surface area contributed by atoms with Crippen molar-refractivity contribution in [2.45, 2.75) is 0 Å². The summed E-state index contributed by atoms with van der Waals surface area (Å²) in [5.41, 5.74) is 11.5. The highest BCUT2D eigenvalue weighted by atomic mass is 16.3. The lowest BCUT2D eigenvalue weighted by atomic mass is 9.93. The predicted molar refractivity (Wildman–Crippen MR) is 217 cm³/mol. The Morgan fingerprint density at radius 1 is 0.283 bits per heavy atom. The Labute approximate surface area is 306 Å². The van der Waals surface area contributed by atoms with Crippen LogP contribution in [0.15, 0.2) is 192 Å². The van der Waals surface area contributed by atoms with E-state index in [9.17, 15) is 0 Å². The summed E-state index contributed by atoms with van der Waals surface area (Å²) in [5.74, 6) is 1.93. The number of aromatic nitrogens is 3. The zero-order chi connectivity index (χ0) is 35.1. The van der Waals surface area contributed by atoms with Crippen molar-refractivity contribution in [3.8, 4) is 67.5 Å². The van der Waals surface area contributed by atoms with Crippen molar-refractivity contribution >= 4 is 32.7 Å². The Morgan fingerprint density at radius 3 is 1.32 bits per heavy atom. The summed E-state index contributed by atoms with van der Waals surface area (Å²) in [7, 11) is 0. The highest BCUT2D eigenvalue weighted by Gasteiger charge is 2.17. The van der Waals surface area contributed by atoms with E-state index in [-0.39, 0.29) is 0 Å². The molecule has 8 aromatic carbocycles. The van der Waals surface area contributed by atoms with Crippen molar-refractivity contribution in [3.05, 3.63) is 188 Å². The lowest BCUT2D eigenvalue weighted by molar-refractivity contribution is 0.673. The molecule has 0 bridgehead atoms. The lowest BCUT2D eigenvalue weighted by Crippen LogP contribution is -2.00. The first-order chi connectivity index (χ1) is 26.3. The number of fused-ring (bicyclic) bond motifs is 5. The highest BCUT2D eigenvalue weighted by molar-refractivity contribution is 6.19. The largest absolute Gasteiger partial charge is 0.455 e. The fourth-order valence-electron chi connectivity index (χ4n) is 7.35. The third kappa shape index (κ3) is 5.54. The zero-order valence-corrected chi connectivity index (χ0v) is 28.6. The van der Waals surface area contributed by atoms with Crippen LogP contribution in [-0.2, 0) is 0 Å². The number of hydrogen-bond acceptors (Lipinski definition) is 4. The van der Waals surface area contributed by atoms with Crippen LogP contribution < -0.4 is 0 Å². The second-order valence-electron chi connectivity index (χ2n) is 13.2. The van der Waals surface area contributed by atoms with Crippen molar-refractivity contribution in [3.63, 3.8) is 0 Å². The summed E-state index contributed by atoms with van der Waals surface area (Å²) >= 11 is 0. The number of rotatable bonds is 6. The minimum absolute atomic E-state index is 0.634. The Kier molecular flexibility index (Phi) is 7.43. The summed E-state index contributed by atoms with van der Waals surface area (Å²) in [6, 6.07) is 65.2. The van der Waals surface area contributed by atoms with Gasteiger partial charge in [-0.1, -0.05) is 170 Å². The SMILES string of the molecule is c1ccc(-c2nc(-c3ccccc3)nc(-c3ccc(-c4cc5c6ccc(-c7ccccc7-c7ccccc7)cc6oc5c5ccccc45)cc3)n2)cc1. The van der Waals surface area contributed by atoms with Gasteiger partial charge in [-0.25, -0.2) is 15.0 Å². The monoisotopic (exact) mass is 677 g/mol. The van der Waals surface area contributed by atoms with Crippen molar-refractivity contribution in [2.24, 2.45) is 0 Å².